The van der Waals surface area contributed by atoms with Crippen LogP contribution in [0, 0.1) is 5.41 Å². The van der Waals surface area contributed by atoms with Crippen molar-refractivity contribution in [3.05, 3.63) is 0 Å². The zero-order chi connectivity index (χ0) is 12.5. The van der Waals surface area contributed by atoms with Crippen molar-refractivity contribution in [1.29, 1.82) is 0 Å². The van der Waals surface area contributed by atoms with E-state index >= 15 is 0 Å². The van der Waals surface area contributed by atoms with E-state index in [9.17, 15) is 35.1 Å². The van der Waals surface area contributed by atoms with Crippen molar-refractivity contribution in [2.75, 3.05) is 0 Å². The molecule has 0 heterocycles. The van der Waals surface area contributed by atoms with Gasteiger partial charge in [-0.2, -0.15) is 35.1 Å². The number of halogens is 8. The third-order valence-corrected chi connectivity index (χ3v) is 2.75. The van der Waals surface area contributed by atoms with Crippen molar-refractivity contribution in [3.8, 4) is 0 Å². The van der Waals surface area contributed by atoms with E-state index in [0.717, 1.165) is 0 Å². The molecule has 0 N–H and O–H groups in total. The molecular formula is C7H6F8. The highest BCUT2D eigenvalue weighted by Crippen LogP contribution is 2.71. The minimum Gasteiger partial charge on any atom is -0.199 e. The molecule has 0 aromatic heterocycles. The Morgan fingerprint density at radius 3 is 0.733 bits per heavy atom. The SMILES string of the molecule is CC1(C)C(F)(F)C(F)(F)C(F)(F)C1(F)F. The van der Waals surface area contributed by atoms with Gasteiger partial charge in [0.15, 0.2) is 0 Å². The first-order chi connectivity index (χ1) is 6.25. The molecule has 0 radical (unpaired) electrons. The number of alkyl halides is 8. The van der Waals surface area contributed by atoms with E-state index in [0.29, 0.717) is 0 Å². The second-order valence-electron chi connectivity index (χ2n) is 3.92. The summed E-state index contributed by atoms with van der Waals surface area (Å²) in [7, 11) is 0. The van der Waals surface area contributed by atoms with Gasteiger partial charge in [-0.25, -0.2) is 0 Å². The van der Waals surface area contributed by atoms with Crippen molar-refractivity contribution in [2.24, 2.45) is 5.41 Å². The van der Waals surface area contributed by atoms with Gasteiger partial charge >= 0.3 is 23.7 Å². The molecule has 0 spiro atoms. The lowest BCUT2D eigenvalue weighted by Gasteiger charge is -2.30. The summed E-state index contributed by atoms with van der Waals surface area (Å²) in [6.45, 7) is -0.0242. The molecule has 1 saturated carbocycles. The van der Waals surface area contributed by atoms with E-state index < -0.39 is 29.1 Å². The van der Waals surface area contributed by atoms with Crippen molar-refractivity contribution in [2.45, 2.75) is 37.5 Å². The summed E-state index contributed by atoms with van der Waals surface area (Å²) in [6.07, 6.45) is 0. The first kappa shape index (κ1) is 12.5. The lowest BCUT2D eigenvalue weighted by atomic mass is 9.85. The third kappa shape index (κ3) is 0.891. The molecule has 0 saturated heterocycles. The number of rotatable bonds is 0. The number of hydrogen-bond acceptors (Lipinski definition) is 0. The third-order valence-electron chi connectivity index (χ3n) is 2.75. The quantitative estimate of drug-likeness (QED) is 0.569. The van der Waals surface area contributed by atoms with Crippen LogP contribution in [0.5, 0.6) is 0 Å². The van der Waals surface area contributed by atoms with Crippen LogP contribution < -0.4 is 0 Å². The predicted octanol–water partition coefficient (Wildman–Crippen LogP) is 3.57. The normalized spacial score (nSPS) is 34.0. The first-order valence-electron chi connectivity index (χ1n) is 3.76. The van der Waals surface area contributed by atoms with Crippen molar-refractivity contribution < 1.29 is 35.1 Å². The smallest absolute Gasteiger partial charge is 0.199 e. The van der Waals surface area contributed by atoms with Crippen LogP contribution in [0.4, 0.5) is 35.1 Å². The minimum absolute atomic E-state index is 0.0121. The van der Waals surface area contributed by atoms with Gasteiger partial charge in [0.25, 0.3) is 0 Å². The number of hydrogen-bond donors (Lipinski definition) is 0. The molecule has 0 aliphatic heterocycles. The molecule has 0 aromatic rings. The topological polar surface area (TPSA) is 0 Å². The summed E-state index contributed by atoms with van der Waals surface area (Å²) in [6, 6.07) is 0. The van der Waals surface area contributed by atoms with Gasteiger partial charge in [-0.3, -0.25) is 0 Å². The standard InChI is InChI=1S/C7H6F8/c1-3(2)4(8,9)6(12,13)7(14,15)5(3,10)11/h1-2H3. The van der Waals surface area contributed by atoms with Crippen LogP contribution in [0.1, 0.15) is 13.8 Å². The molecule has 0 aromatic carbocycles. The monoisotopic (exact) mass is 242 g/mol. The molecule has 90 valence electrons. The zero-order valence-corrected chi connectivity index (χ0v) is 7.52. The largest absolute Gasteiger partial charge is 0.378 e. The predicted molar refractivity (Wildman–Crippen MR) is 33.6 cm³/mol. The van der Waals surface area contributed by atoms with Crippen molar-refractivity contribution in [1.82, 2.24) is 0 Å². The van der Waals surface area contributed by atoms with Crippen LogP contribution in [0.2, 0.25) is 0 Å². The minimum atomic E-state index is -6.06. The highest BCUT2D eigenvalue weighted by Gasteiger charge is 2.96. The van der Waals surface area contributed by atoms with Gasteiger partial charge < -0.3 is 0 Å². The summed E-state index contributed by atoms with van der Waals surface area (Å²) in [5.74, 6) is -23.1. The summed E-state index contributed by atoms with van der Waals surface area (Å²) in [5, 5.41) is 0. The lowest BCUT2D eigenvalue weighted by molar-refractivity contribution is -0.303. The molecule has 1 rings (SSSR count). The summed E-state index contributed by atoms with van der Waals surface area (Å²) in [4.78, 5) is 0. The Morgan fingerprint density at radius 1 is 0.467 bits per heavy atom. The second-order valence-corrected chi connectivity index (χ2v) is 3.92. The highest BCUT2D eigenvalue weighted by molar-refractivity contribution is 5.22. The van der Waals surface area contributed by atoms with Gasteiger partial charge in [0.05, 0.1) is 0 Å². The first-order valence-corrected chi connectivity index (χ1v) is 3.76. The molecule has 0 atom stereocenters. The van der Waals surface area contributed by atoms with E-state index in [-0.39, 0.29) is 13.8 Å². The van der Waals surface area contributed by atoms with Gasteiger partial charge in [0.1, 0.15) is 5.41 Å². The Hall–Kier alpha value is -0.560. The molecule has 1 aliphatic carbocycles. The fourth-order valence-electron chi connectivity index (χ4n) is 1.38. The van der Waals surface area contributed by atoms with Crippen LogP contribution in [0.3, 0.4) is 0 Å². The molecule has 1 fully saturated rings. The van der Waals surface area contributed by atoms with E-state index in [4.69, 9.17) is 0 Å². The fraction of sp³-hybridized carbons (Fsp3) is 1.00. The van der Waals surface area contributed by atoms with Crippen LogP contribution in [-0.4, -0.2) is 23.7 Å². The summed E-state index contributed by atoms with van der Waals surface area (Å²) < 4.78 is 101. The molecular weight excluding hydrogens is 236 g/mol. The molecule has 0 nitrogen and oxygen atoms in total. The van der Waals surface area contributed by atoms with E-state index in [1.807, 2.05) is 0 Å². The average Bonchev–Trinajstić information content (AvgIpc) is 2.04. The molecule has 0 bridgehead atoms. The maximum absolute atomic E-state index is 12.8. The molecule has 8 heteroatoms. The van der Waals surface area contributed by atoms with Gasteiger partial charge in [-0.15, -0.1) is 0 Å². The van der Waals surface area contributed by atoms with Gasteiger partial charge in [-0.05, 0) is 13.8 Å². The maximum Gasteiger partial charge on any atom is 0.378 e. The van der Waals surface area contributed by atoms with Crippen LogP contribution in [0.25, 0.3) is 0 Å². The Balaban J connectivity index is 3.55. The van der Waals surface area contributed by atoms with Gasteiger partial charge in [0.2, 0.25) is 0 Å². The average molecular weight is 242 g/mol. The molecule has 1 aliphatic rings. The molecule has 15 heavy (non-hydrogen) atoms. The van der Waals surface area contributed by atoms with Crippen molar-refractivity contribution in [3.63, 3.8) is 0 Å². The summed E-state index contributed by atoms with van der Waals surface area (Å²) >= 11 is 0. The highest BCUT2D eigenvalue weighted by atomic mass is 19.4. The van der Waals surface area contributed by atoms with Gasteiger partial charge in [-0.1, -0.05) is 0 Å². The van der Waals surface area contributed by atoms with E-state index in [1.165, 1.54) is 0 Å². The molecule has 0 amide bonds. The van der Waals surface area contributed by atoms with E-state index in [2.05, 4.69) is 0 Å². The Labute approximate surface area is 79.2 Å². The van der Waals surface area contributed by atoms with Crippen LogP contribution in [-0.2, 0) is 0 Å². The zero-order valence-electron chi connectivity index (χ0n) is 7.52. The lowest BCUT2D eigenvalue weighted by Crippen LogP contribution is -2.51. The fourth-order valence-corrected chi connectivity index (χ4v) is 1.38. The van der Waals surface area contributed by atoms with Crippen LogP contribution >= 0.6 is 0 Å². The van der Waals surface area contributed by atoms with Crippen molar-refractivity contribution >= 4 is 0 Å². The Bertz CT molecular complexity index is 200. The van der Waals surface area contributed by atoms with E-state index in [1.54, 1.807) is 0 Å². The Morgan fingerprint density at radius 2 is 0.667 bits per heavy atom. The van der Waals surface area contributed by atoms with Crippen LogP contribution in [0.15, 0.2) is 0 Å². The second kappa shape index (κ2) is 2.40. The Kier molecular flexibility index (Phi) is 2.00. The summed E-state index contributed by atoms with van der Waals surface area (Å²) in [5.41, 5.74) is -3.81. The molecule has 0 unspecified atom stereocenters. The maximum atomic E-state index is 12.8. The van der Waals surface area contributed by atoms with Gasteiger partial charge in [0, 0.05) is 0 Å².